The average molecular weight is 491 g/mol. The highest BCUT2D eigenvalue weighted by Crippen LogP contribution is 2.33. The van der Waals surface area contributed by atoms with Crippen molar-refractivity contribution in [1.82, 2.24) is 20.1 Å². The van der Waals surface area contributed by atoms with Gasteiger partial charge in [0.25, 0.3) is 11.5 Å². The van der Waals surface area contributed by atoms with Crippen LogP contribution in [0.5, 0.6) is 0 Å². The fourth-order valence-corrected chi connectivity index (χ4v) is 4.23. The van der Waals surface area contributed by atoms with Crippen LogP contribution in [0.1, 0.15) is 60.8 Å². The molecule has 2 N–H and O–H groups in total. The molecule has 2 heterocycles. The lowest BCUT2D eigenvalue weighted by Gasteiger charge is -2.19. The number of carbonyl (C=O) groups excluding carboxylic acids is 2. The van der Waals surface area contributed by atoms with Gasteiger partial charge >= 0.3 is 0 Å². The van der Waals surface area contributed by atoms with Crippen LogP contribution in [0.4, 0.5) is 0 Å². The monoisotopic (exact) mass is 490 g/mol. The normalized spacial score (nSPS) is 11.6. The number of H-pyrrole nitrogens is 1. The fourth-order valence-electron chi connectivity index (χ4n) is 4.06. The molecule has 0 fully saturated rings. The van der Waals surface area contributed by atoms with E-state index in [1.807, 2.05) is 51.1 Å². The van der Waals surface area contributed by atoms with Gasteiger partial charge in [0.1, 0.15) is 5.69 Å². The van der Waals surface area contributed by atoms with Crippen molar-refractivity contribution in [2.75, 3.05) is 0 Å². The number of aromatic nitrogens is 3. The highest BCUT2D eigenvalue weighted by molar-refractivity contribution is 6.31. The maximum absolute atomic E-state index is 13.7. The van der Waals surface area contributed by atoms with E-state index in [1.165, 1.54) is 4.57 Å². The lowest BCUT2D eigenvalue weighted by atomic mass is 9.94. The molecule has 0 saturated carbocycles. The lowest BCUT2D eigenvalue weighted by molar-refractivity contribution is 0.0913. The van der Waals surface area contributed by atoms with E-state index in [4.69, 9.17) is 11.6 Å². The highest BCUT2D eigenvalue weighted by Gasteiger charge is 2.24. The summed E-state index contributed by atoms with van der Waals surface area (Å²) in [5.41, 5.74) is 1.76. The van der Waals surface area contributed by atoms with Crippen LogP contribution in [-0.2, 0) is 6.54 Å². The molecule has 2 aromatic carbocycles. The van der Waals surface area contributed by atoms with Gasteiger partial charge in [0.2, 0.25) is 0 Å². The zero-order valence-electron chi connectivity index (χ0n) is 20.1. The van der Waals surface area contributed by atoms with Gasteiger partial charge in [-0.25, -0.2) is 0 Å². The number of nitrogens with zero attached hydrogens (tertiary/aromatic N) is 2. The summed E-state index contributed by atoms with van der Waals surface area (Å²) >= 11 is 6.30. The SMILES string of the molecule is CCC(=O)c1c(-c2ccccc2)c2cc(Cl)ccc2c(=O)n1Cc1cc(C(=O)NC(C)(C)C)n[nH]1. The first-order valence-electron chi connectivity index (χ1n) is 11.4. The molecule has 0 bridgehead atoms. The van der Waals surface area contributed by atoms with Gasteiger partial charge in [-0.2, -0.15) is 5.10 Å². The molecule has 0 unspecified atom stereocenters. The molecule has 180 valence electrons. The molecule has 0 aliphatic heterocycles. The molecule has 0 atom stereocenters. The zero-order valence-corrected chi connectivity index (χ0v) is 20.9. The number of rotatable bonds is 6. The Labute approximate surface area is 208 Å². The molecule has 2 aromatic heterocycles. The summed E-state index contributed by atoms with van der Waals surface area (Å²) in [5.74, 6) is -0.497. The molecule has 8 heteroatoms. The van der Waals surface area contributed by atoms with Crippen molar-refractivity contribution in [1.29, 1.82) is 0 Å². The number of benzene rings is 2. The highest BCUT2D eigenvalue weighted by atomic mass is 35.5. The molecular weight excluding hydrogens is 464 g/mol. The van der Waals surface area contributed by atoms with Gasteiger partial charge in [0.15, 0.2) is 5.78 Å². The summed E-state index contributed by atoms with van der Waals surface area (Å²) < 4.78 is 1.46. The molecule has 0 radical (unpaired) electrons. The number of halogens is 1. The first-order chi connectivity index (χ1) is 16.6. The molecule has 0 aliphatic rings. The predicted molar refractivity (Wildman–Crippen MR) is 138 cm³/mol. The Bertz CT molecular complexity index is 1480. The van der Waals surface area contributed by atoms with E-state index in [2.05, 4.69) is 15.5 Å². The average Bonchev–Trinajstić information content (AvgIpc) is 3.28. The first kappa shape index (κ1) is 24.4. The summed E-state index contributed by atoms with van der Waals surface area (Å²) in [6.07, 6.45) is 0.216. The second-order valence-electron chi connectivity index (χ2n) is 9.43. The van der Waals surface area contributed by atoms with Crippen LogP contribution in [0, 0.1) is 0 Å². The van der Waals surface area contributed by atoms with E-state index in [0.717, 1.165) is 5.56 Å². The largest absolute Gasteiger partial charge is 0.346 e. The Morgan fingerprint density at radius 2 is 1.77 bits per heavy atom. The van der Waals surface area contributed by atoms with Crippen LogP contribution in [0.25, 0.3) is 21.9 Å². The Morgan fingerprint density at radius 1 is 1.06 bits per heavy atom. The number of aromatic amines is 1. The first-order valence-corrected chi connectivity index (χ1v) is 11.8. The number of hydrogen-bond acceptors (Lipinski definition) is 4. The van der Waals surface area contributed by atoms with Crippen LogP contribution in [0.15, 0.2) is 59.4 Å². The van der Waals surface area contributed by atoms with Crippen molar-refractivity contribution < 1.29 is 9.59 Å². The van der Waals surface area contributed by atoms with Gasteiger partial charge in [-0.05, 0) is 56.0 Å². The number of Topliss-reactive ketones (excluding diaryl/α,β-unsaturated/α-hetero) is 1. The third-order valence-electron chi connectivity index (χ3n) is 5.56. The van der Waals surface area contributed by atoms with Gasteiger partial charge in [-0.3, -0.25) is 24.0 Å². The molecule has 4 rings (SSSR count). The Balaban J connectivity index is 1.93. The molecule has 0 spiro atoms. The molecule has 7 nitrogen and oxygen atoms in total. The van der Waals surface area contributed by atoms with Gasteiger partial charge in [-0.15, -0.1) is 0 Å². The minimum absolute atomic E-state index is 0.0497. The van der Waals surface area contributed by atoms with E-state index in [0.29, 0.717) is 32.7 Å². The van der Waals surface area contributed by atoms with Crippen molar-refractivity contribution in [2.24, 2.45) is 0 Å². The Kier molecular flexibility index (Phi) is 6.63. The van der Waals surface area contributed by atoms with Crippen molar-refractivity contribution >= 4 is 34.1 Å². The predicted octanol–water partition coefficient (Wildman–Crippen LogP) is 5.21. The standard InChI is InChI=1S/C27H27ClN4O3/c1-5-22(33)24-23(16-9-7-6-8-10-16)20-13-17(28)11-12-19(20)26(35)32(24)15-18-14-21(31-30-18)25(34)29-27(2,3)4/h6-14H,5,15H2,1-4H3,(H,29,34)(H,30,31). The van der Waals surface area contributed by atoms with Gasteiger partial charge in [0.05, 0.1) is 17.9 Å². The number of ketones is 1. The molecule has 0 aliphatic carbocycles. The van der Waals surface area contributed by atoms with E-state index in [1.54, 1.807) is 31.2 Å². The van der Waals surface area contributed by atoms with Gasteiger partial charge in [0, 0.05) is 27.9 Å². The zero-order chi connectivity index (χ0) is 25.3. The minimum atomic E-state index is -0.419. The van der Waals surface area contributed by atoms with Gasteiger partial charge in [-0.1, -0.05) is 48.9 Å². The van der Waals surface area contributed by atoms with Crippen molar-refractivity contribution in [2.45, 2.75) is 46.2 Å². The Hall–Kier alpha value is -3.71. The molecule has 35 heavy (non-hydrogen) atoms. The van der Waals surface area contributed by atoms with E-state index in [9.17, 15) is 14.4 Å². The maximum atomic E-state index is 13.7. The third kappa shape index (κ3) is 5.05. The van der Waals surface area contributed by atoms with Crippen LogP contribution < -0.4 is 10.9 Å². The maximum Gasteiger partial charge on any atom is 0.272 e. The van der Waals surface area contributed by atoms with Crippen molar-refractivity contribution in [3.8, 4) is 11.1 Å². The molecular formula is C27H27ClN4O3. The number of hydrogen-bond donors (Lipinski definition) is 2. The lowest BCUT2D eigenvalue weighted by Crippen LogP contribution is -2.40. The van der Waals surface area contributed by atoms with E-state index >= 15 is 0 Å². The summed E-state index contributed by atoms with van der Waals surface area (Å²) in [6.45, 7) is 7.46. The van der Waals surface area contributed by atoms with Crippen LogP contribution in [0.3, 0.4) is 0 Å². The van der Waals surface area contributed by atoms with Crippen LogP contribution in [0.2, 0.25) is 5.02 Å². The van der Waals surface area contributed by atoms with E-state index < -0.39 is 5.54 Å². The van der Waals surface area contributed by atoms with Gasteiger partial charge < -0.3 is 5.32 Å². The minimum Gasteiger partial charge on any atom is -0.346 e. The van der Waals surface area contributed by atoms with E-state index in [-0.39, 0.29) is 35.9 Å². The number of pyridine rings is 1. The number of nitrogens with one attached hydrogen (secondary N) is 2. The second kappa shape index (κ2) is 9.50. The van der Waals surface area contributed by atoms with Crippen LogP contribution in [-0.4, -0.2) is 32.0 Å². The van der Waals surface area contributed by atoms with Crippen LogP contribution >= 0.6 is 11.6 Å². The smallest absolute Gasteiger partial charge is 0.272 e. The molecule has 0 saturated heterocycles. The Morgan fingerprint density at radius 3 is 2.43 bits per heavy atom. The molecule has 4 aromatic rings. The van der Waals surface area contributed by atoms with Crippen molar-refractivity contribution in [3.05, 3.63) is 87.1 Å². The fraction of sp³-hybridized carbons (Fsp3) is 0.259. The molecule has 1 amide bonds. The topological polar surface area (TPSA) is 96.8 Å². The number of carbonyl (C=O) groups is 2. The number of amides is 1. The summed E-state index contributed by atoms with van der Waals surface area (Å²) in [5, 5.41) is 11.4. The summed E-state index contributed by atoms with van der Waals surface area (Å²) in [7, 11) is 0. The quantitative estimate of drug-likeness (QED) is 0.362. The third-order valence-corrected chi connectivity index (χ3v) is 5.80. The van der Waals surface area contributed by atoms with Crippen molar-refractivity contribution in [3.63, 3.8) is 0 Å². The summed E-state index contributed by atoms with van der Waals surface area (Å²) in [4.78, 5) is 39.5. The number of fused-ring (bicyclic) bond motifs is 1. The second-order valence-corrected chi connectivity index (χ2v) is 9.87. The summed E-state index contributed by atoms with van der Waals surface area (Å²) in [6, 6.07) is 16.1.